The van der Waals surface area contributed by atoms with Gasteiger partial charge in [-0.25, -0.2) is 29.5 Å². The van der Waals surface area contributed by atoms with Crippen LogP contribution in [-0.2, 0) is 17.1 Å². The van der Waals surface area contributed by atoms with Crippen LogP contribution in [0.1, 0.15) is 38.8 Å². The Bertz CT molecular complexity index is 1510. The van der Waals surface area contributed by atoms with Crippen LogP contribution in [0.2, 0.25) is 0 Å². The Kier molecular flexibility index (Phi) is 9.96. The number of esters is 1. The Morgan fingerprint density at radius 1 is 0.738 bits per heavy atom. The van der Waals surface area contributed by atoms with Crippen LogP contribution in [-0.4, -0.2) is 43.6 Å². The highest BCUT2D eigenvalue weighted by Crippen LogP contribution is 2.31. The molecule has 0 unspecified atom stereocenters. The van der Waals surface area contributed by atoms with Crippen LogP contribution in [0.15, 0.2) is 73.6 Å². The second-order valence-corrected chi connectivity index (χ2v) is 8.00. The lowest BCUT2D eigenvalue weighted by Gasteiger charge is -2.11. The van der Waals surface area contributed by atoms with Gasteiger partial charge in [0.2, 0.25) is 0 Å². The van der Waals surface area contributed by atoms with Crippen LogP contribution < -0.4 is 10.6 Å². The normalized spacial score (nSPS) is 11.1. The molecule has 2 aromatic carbocycles. The summed E-state index contributed by atoms with van der Waals surface area (Å²) < 4.78 is 79.6. The number of halogens is 6. The Morgan fingerprint density at radius 2 is 1.14 bits per heavy atom. The third kappa shape index (κ3) is 8.61. The average Bonchev–Trinajstić information content (AvgIpc) is 2.94. The van der Waals surface area contributed by atoms with Gasteiger partial charge in [0.25, 0.3) is 0 Å². The minimum Gasteiger partial charge on any atom is -0.477 e. The van der Waals surface area contributed by atoms with Gasteiger partial charge in [-0.3, -0.25) is 0 Å². The van der Waals surface area contributed by atoms with Gasteiger partial charge < -0.3 is 20.5 Å². The summed E-state index contributed by atoms with van der Waals surface area (Å²) in [5.41, 5.74) is -0.969. The number of aromatic carboxylic acids is 1. The molecular weight excluding hydrogens is 574 g/mol. The maximum atomic E-state index is 12.5. The van der Waals surface area contributed by atoms with Crippen LogP contribution >= 0.6 is 0 Å². The van der Waals surface area contributed by atoms with Gasteiger partial charge in [0.1, 0.15) is 35.4 Å². The number of rotatable bonds is 7. The molecule has 0 amide bonds. The minimum atomic E-state index is -4.42. The monoisotopic (exact) mass is 594 g/mol. The zero-order valence-corrected chi connectivity index (χ0v) is 21.4. The molecule has 0 fully saturated rings. The lowest BCUT2D eigenvalue weighted by molar-refractivity contribution is -0.138. The van der Waals surface area contributed by atoms with E-state index in [4.69, 9.17) is 9.84 Å². The number of carbonyl (C=O) groups is 2. The molecule has 0 radical (unpaired) electrons. The molecule has 16 heteroatoms. The van der Waals surface area contributed by atoms with E-state index < -0.39 is 35.4 Å². The predicted molar refractivity (Wildman–Crippen MR) is 136 cm³/mol. The zero-order chi connectivity index (χ0) is 30.9. The number of aromatic nitrogens is 4. The molecule has 4 rings (SSSR count). The van der Waals surface area contributed by atoms with Crippen molar-refractivity contribution in [3.63, 3.8) is 0 Å². The quantitative estimate of drug-likeness (QED) is 0.164. The number of nitrogens with one attached hydrogen (secondary N) is 2. The second kappa shape index (κ2) is 13.4. The number of benzene rings is 2. The van der Waals surface area contributed by atoms with Crippen molar-refractivity contribution in [2.45, 2.75) is 19.3 Å². The largest absolute Gasteiger partial charge is 0.477 e. The first-order valence-electron chi connectivity index (χ1n) is 11.7. The molecule has 0 atom stereocenters. The maximum Gasteiger partial charge on any atom is 0.416 e. The lowest BCUT2D eigenvalue weighted by atomic mass is 10.2. The highest BCUT2D eigenvalue weighted by Gasteiger charge is 2.30. The summed E-state index contributed by atoms with van der Waals surface area (Å²) in [4.78, 5) is 37.6. The summed E-state index contributed by atoms with van der Waals surface area (Å²) in [7, 11) is 0. The van der Waals surface area contributed by atoms with E-state index in [1.54, 1.807) is 6.92 Å². The van der Waals surface area contributed by atoms with E-state index in [1.165, 1.54) is 36.8 Å². The van der Waals surface area contributed by atoms with E-state index in [-0.39, 0.29) is 29.4 Å². The molecule has 0 aliphatic rings. The molecule has 3 N–H and O–H groups in total. The van der Waals surface area contributed by atoms with Crippen molar-refractivity contribution < 1.29 is 45.8 Å². The summed E-state index contributed by atoms with van der Waals surface area (Å²) in [6, 6.07) is 8.54. The molecule has 42 heavy (non-hydrogen) atoms. The Balaban J connectivity index is 0.000000231. The number of ether oxygens (including phenoxy) is 1. The number of carboxylic acid groups (broad SMARTS) is 1. The van der Waals surface area contributed by atoms with Crippen molar-refractivity contribution >= 4 is 34.9 Å². The highest BCUT2D eigenvalue weighted by molar-refractivity contribution is 5.95. The topological polar surface area (TPSA) is 139 Å². The maximum absolute atomic E-state index is 12.5. The third-order valence-corrected chi connectivity index (χ3v) is 5.10. The first kappa shape index (κ1) is 31.3. The molecule has 0 spiro atoms. The molecule has 0 aliphatic carbocycles. The molecule has 0 saturated carbocycles. The second-order valence-electron chi connectivity index (χ2n) is 8.00. The molecule has 0 saturated heterocycles. The van der Waals surface area contributed by atoms with Crippen molar-refractivity contribution in [2.75, 3.05) is 17.2 Å². The molecule has 0 bridgehead atoms. The lowest BCUT2D eigenvalue weighted by Crippen LogP contribution is -2.10. The van der Waals surface area contributed by atoms with E-state index >= 15 is 0 Å². The number of alkyl halides is 6. The summed E-state index contributed by atoms with van der Waals surface area (Å²) in [6.07, 6.45) is -4.09. The number of nitrogens with zero attached hydrogens (tertiary/aromatic N) is 4. The van der Waals surface area contributed by atoms with Gasteiger partial charge in [0, 0.05) is 23.8 Å². The molecule has 10 nitrogen and oxygen atoms in total. The van der Waals surface area contributed by atoms with Gasteiger partial charge in [0.05, 0.1) is 17.7 Å². The number of hydrogen-bond donors (Lipinski definition) is 3. The SMILES string of the molecule is CCOC(=O)c1cncnc1Nc1ccc(C(F)(F)F)cc1.O=C(O)c1cncnc1Nc1ccc(C(F)(F)F)cc1. The first-order chi connectivity index (χ1) is 19.8. The van der Waals surface area contributed by atoms with Gasteiger partial charge in [0.15, 0.2) is 0 Å². The zero-order valence-electron chi connectivity index (χ0n) is 21.4. The van der Waals surface area contributed by atoms with Gasteiger partial charge >= 0.3 is 24.3 Å². The fraction of sp³-hybridized carbons (Fsp3) is 0.154. The van der Waals surface area contributed by atoms with E-state index in [2.05, 4.69) is 30.6 Å². The van der Waals surface area contributed by atoms with Crippen molar-refractivity contribution in [1.29, 1.82) is 0 Å². The van der Waals surface area contributed by atoms with Gasteiger partial charge in [-0.05, 0) is 55.5 Å². The highest BCUT2D eigenvalue weighted by atomic mass is 19.4. The average molecular weight is 594 g/mol. The van der Waals surface area contributed by atoms with Crippen molar-refractivity contribution in [2.24, 2.45) is 0 Å². The molecule has 4 aromatic rings. The van der Waals surface area contributed by atoms with Crippen molar-refractivity contribution in [1.82, 2.24) is 19.9 Å². The fourth-order valence-corrected chi connectivity index (χ4v) is 3.13. The Morgan fingerprint density at radius 3 is 1.52 bits per heavy atom. The smallest absolute Gasteiger partial charge is 0.416 e. The van der Waals surface area contributed by atoms with Crippen LogP contribution in [0.5, 0.6) is 0 Å². The van der Waals surface area contributed by atoms with E-state index in [0.29, 0.717) is 11.4 Å². The summed E-state index contributed by atoms with van der Waals surface area (Å²) in [5.74, 6) is -1.68. The standard InChI is InChI=1S/C14H12F3N3O2.C12H8F3N3O2/c1-2-22-13(21)11-7-18-8-19-12(11)20-10-5-3-9(4-6-10)14(15,16)17;13-12(14,15)7-1-3-8(4-2-7)18-10-9(11(19)20)5-16-6-17-10/h3-8H,2H2,1H3,(H,18,19,20);1-6H,(H,19,20)(H,16,17,18). The molecule has 2 heterocycles. The predicted octanol–water partition coefficient (Wildman–Crippen LogP) is 6.35. The number of anilines is 4. The number of carboxylic acids is 1. The molecule has 220 valence electrons. The third-order valence-electron chi connectivity index (χ3n) is 5.10. The van der Waals surface area contributed by atoms with Crippen molar-refractivity contribution in [3.05, 3.63) is 95.8 Å². The Hall–Kier alpha value is -5.28. The van der Waals surface area contributed by atoms with Gasteiger partial charge in [-0.2, -0.15) is 26.3 Å². The first-order valence-corrected chi connectivity index (χ1v) is 11.7. The van der Waals surface area contributed by atoms with E-state index in [0.717, 1.165) is 36.8 Å². The minimum absolute atomic E-state index is 0.00672. The number of hydrogen-bond acceptors (Lipinski definition) is 9. The summed E-state index contributed by atoms with van der Waals surface area (Å²) >= 11 is 0. The van der Waals surface area contributed by atoms with Crippen LogP contribution in [0.3, 0.4) is 0 Å². The summed E-state index contributed by atoms with van der Waals surface area (Å²) in [5, 5.41) is 14.3. The van der Waals surface area contributed by atoms with Gasteiger partial charge in [-0.1, -0.05) is 0 Å². The number of carbonyl (C=O) groups excluding carboxylic acids is 1. The van der Waals surface area contributed by atoms with Gasteiger partial charge in [-0.15, -0.1) is 0 Å². The molecule has 0 aliphatic heterocycles. The van der Waals surface area contributed by atoms with E-state index in [1.807, 2.05) is 0 Å². The fourth-order valence-electron chi connectivity index (χ4n) is 3.13. The van der Waals surface area contributed by atoms with Crippen LogP contribution in [0.4, 0.5) is 49.4 Å². The van der Waals surface area contributed by atoms with Crippen molar-refractivity contribution in [3.8, 4) is 0 Å². The van der Waals surface area contributed by atoms with E-state index in [9.17, 15) is 35.9 Å². The summed E-state index contributed by atoms with van der Waals surface area (Å²) in [6.45, 7) is 1.85. The molecule has 2 aromatic heterocycles. The Labute approximate surface area is 233 Å². The molecular formula is C26H20F6N6O4. The van der Waals surface area contributed by atoms with Crippen LogP contribution in [0, 0.1) is 0 Å². The van der Waals surface area contributed by atoms with Crippen LogP contribution in [0.25, 0.3) is 0 Å².